The molecular weight excluding hydrogens is 901 g/mol. The van der Waals surface area contributed by atoms with E-state index in [9.17, 15) is 14.4 Å². The number of carbonyl (C=O) groups excluding carboxylic acids is 3. The number of hydrogen-bond donors (Lipinski definition) is 0. The molecule has 0 heterocycles. The van der Waals surface area contributed by atoms with Gasteiger partial charge in [0, 0.05) is 19.3 Å². The van der Waals surface area contributed by atoms with Crippen molar-refractivity contribution in [2.24, 2.45) is 0 Å². The van der Waals surface area contributed by atoms with E-state index in [1.807, 2.05) is 0 Å². The summed E-state index contributed by atoms with van der Waals surface area (Å²) in [6.45, 7) is 6.59. The molecule has 1 atom stereocenters. The van der Waals surface area contributed by atoms with Gasteiger partial charge in [-0.2, -0.15) is 0 Å². The predicted molar refractivity (Wildman–Crippen MR) is 316 cm³/mol. The van der Waals surface area contributed by atoms with Crippen LogP contribution in [0.5, 0.6) is 0 Å². The van der Waals surface area contributed by atoms with Gasteiger partial charge in [0.2, 0.25) is 0 Å². The highest BCUT2D eigenvalue weighted by Crippen LogP contribution is 2.17. The second kappa shape index (κ2) is 61.4. The van der Waals surface area contributed by atoms with Gasteiger partial charge < -0.3 is 14.2 Å². The maximum Gasteiger partial charge on any atom is 0.306 e. The van der Waals surface area contributed by atoms with Gasteiger partial charge >= 0.3 is 17.9 Å². The molecule has 0 bridgehead atoms. The Morgan fingerprint density at radius 2 is 0.493 bits per heavy atom. The monoisotopic (exact) mass is 1020 g/mol. The molecule has 0 aromatic heterocycles. The van der Waals surface area contributed by atoms with Gasteiger partial charge in [-0.3, -0.25) is 14.4 Å². The van der Waals surface area contributed by atoms with Gasteiger partial charge in [0.05, 0.1) is 0 Å². The fourth-order valence-electron chi connectivity index (χ4n) is 8.93. The number of ether oxygens (including phenoxy) is 3. The second-order valence-electron chi connectivity index (χ2n) is 21.0. The third kappa shape index (κ3) is 59.6. The summed E-state index contributed by atoms with van der Waals surface area (Å²) in [6.07, 6.45) is 78.9. The summed E-state index contributed by atoms with van der Waals surface area (Å²) in [5, 5.41) is 0. The molecule has 0 aliphatic carbocycles. The summed E-state index contributed by atoms with van der Waals surface area (Å²) in [5.41, 5.74) is 0. The average molecular weight is 1020 g/mol. The largest absolute Gasteiger partial charge is 0.462 e. The topological polar surface area (TPSA) is 78.9 Å². The molecule has 0 aromatic rings. The van der Waals surface area contributed by atoms with Crippen molar-refractivity contribution in [1.82, 2.24) is 0 Å². The first-order valence-electron chi connectivity index (χ1n) is 31.4. The van der Waals surface area contributed by atoms with Crippen LogP contribution in [-0.2, 0) is 28.6 Å². The molecule has 0 aliphatic heterocycles. The molecule has 0 rings (SSSR count). The first-order valence-corrected chi connectivity index (χ1v) is 31.4. The van der Waals surface area contributed by atoms with Crippen LogP contribution in [-0.4, -0.2) is 37.2 Å². The van der Waals surface area contributed by atoms with Crippen molar-refractivity contribution in [3.63, 3.8) is 0 Å². The van der Waals surface area contributed by atoms with Crippen LogP contribution < -0.4 is 0 Å². The molecular formula is C67H118O6. The third-order valence-corrected chi connectivity index (χ3v) is 13.7. The fraction of sp³-hybridized carbons (Fsp3) is 0.776. The van der Waals surface area contributed by atoms with Crippen molar-refractivity contribution in [2.75, 3.05) is 13.2 Å². The summed E-state index contributed by atoms with van der Waals surface area (Å²) < 4.78 is 16.9. The molecule has 0 saturated carbocycles. The van der Waals surface area contributed by atoms with E-state index in [1.165, 1.54) is 180 Å². The van der Waals surface area contributed by atoms with Crippen LogP contribution in [0.2, 0.25) is 0 Å². The molecule has 0 unspecified atom stereocenters. The molecule has 0 radical (unpaired) electrons. The summed E-state index contributed by atoms with van der Waals surface area (Å²) in [4.78, 5) is 38.3. The Labute approximate surface area is 453 Å². The highest BCUT2D eigenvalue weighted by molar-refractivity contribution is 5.71. The lowest BCUT2D eigenvalue weighted by Gasteiger charge is -2.18. The molecule has 0 aliphatic rings. The van der Waals surface area contributed by atoms with Crippen molar-refractivity contribution in [1.29, 1.82) is 0 Å². The van der Waals surface area contributed by atoms with Crippen LogP contribution in [0.3, 0.4) is 0 Å². The zero-order chi connectivity index (χ0) is 52.9. The minimum Gasteiger partial charge on any atom is -0.462 e. The molecule has 422 valence electrons. The lowest BCUT2D eigenvalue weighted by molar-refractivity contribution is -0.167. The number of carbonyl (C=O) groups is 3. The average Bonchev–Trinajstić information content (AvgIpc) is 3.39. The highest BCUT2D eigenvalue weighted by Gasteiger charge is 2.19. The van der Waals surface area contributed by atoms with Gasteiger partial charge in [0.25, 0.3) is 0 Å². The van der Waals surface area contributed by atoms with E-state index in [2.05, 4.69) is 93.7 Å². The third-order valence-electron chi connectivity index (χ3n) is 13.7. The van der Waals surface area contributed by atoms with Gasteiger partial charge in [-0.05, 0) is 96.3 Å². The van der Waals surface area contributed by atoms with Gasteiger partial charge in [-0.1, -0.05) is 273 Å². The highest BCUT2D eigenvalue weighted by atomic mass is 16.6. The Hall–Kier alpha value is -3.15. The Morgan fingerprint density at radius 1 is 0.274 bits per heavy atom. The number of rotatable bonds is 57. The normalized spacial score (nSPS) is 12.5. The first-order chi connectivity index (χ1) is 36.0. The molecule has 73 heavy (non-hydrogen) atoms. The molecule has 0 fully saturated rings. The van der Waals surface area contributed by atoms with Crippen molar-refractivity contribution in [3.8, 4) is 0 Å². The zero-order valence-corrected chi connectivity index (χ0v) is 48.4. The first kappa shape index (κ1) is 69.8. The van der Waals surface area contributed by atoms with Crippen LogP contribution in [0.4, 0.5) is 0 Å². The van der Waals surface area contributed by atoms with E-state index in [1.54, 1.807) is 0 Å². The van der Waals surface area contributed by atoms with E-state index in [0.717, 1.165) is 96.3 Å². The standard InChI is InChI=1S/C67H118O6/c1-4-7-10-13-16-19-22-25-28-31-33-36-39-42-45-48-51-54-57-60-66(69)72-63-64(62-71-65(68)59-56-53-50-47-44-41-38-35-30-27-24-21-18-15-12-9-6-3)73-67(70)61-58-55-52-49-46-43-40-37-34-32-29-26-23-20-17-14-11-8-5-2/h16,18-19,21,25,27-28,30,33,36,42,45,64H,4-15,17,20,22-24,26,29,31-32,34-35,37-41,43-44,46-63H2,1-3H3/b19-16+,21-18+,28-25+,30-27+,36-33+,45-42+/t64-/m1/s1. The van der Waals surface area contributed by atoms with Crippen LogP contribution >= 0.6 is 0 Å². The molecule has 0 spiro atoms. The molecule has 6 nitrogen and oxygen atoms in total. The minimum atomic E-state index is -0.792. The quantitative estimate of drug-likeness (QED) is 0.0261. The van der Waals surface area contributed by atoms with Gasteiger partial charge in [-0.25, -0.2) is 0 Å². The molecule has 0 saturated heterocycles. The van der Waals surface area contributed by atoms with E-state index in [4.69, 9.17) is 14.2 Å². The Kier molecular flexibility index (Phi) is 58.7. The summed E-state index contributed by atoms with van der Waals surface area (Å²) in [5.74, 6) is -0.911. The number of esters is 3. The van der Waals surface area contributed by atoms with Crippen molar-refractivity contribution >= 4 is 17.9 Å². The van der Waals surface area contributed by atoms with E-state index in [-0.39, 0.29) is 31.1 Å². The van der Waals surface area contributed by atoms with Gasteiger partial charge in [0.15, 0.2) is 6.10 Å². The van der Waals surface area contributed by atoms with E-state index >= 15 is 0 Å². The predicted octanol–water partition coefficient (Wildman–Crippen LogP) is 21.3. The molecule has 0 aromatic carbocycles. The minimum absolute atomic E-state index is 0.0875. The maximum atomic E-state index is 12.9. The smallest absolute Gasteiger partial charge is 0.306 e. The van der Waals surface area contributed by atoms with Crippen LogP contribution in [0.25, 0.3) is 0 Å². The number of hydrogen-bond acceptors (Lipinski definition) is 6. The fourth-order valence-corrected chi connectivity index (χ4v) is 8.93. The van der Waals surface area contributed by atoms with Crippen LogP contribution in [0.15, 0.2) is 72.9 Å². The van der Waals surface area contributed by atoms with Gasteiger partial charge in [-0.15, -0.1) is 0 Å². The van der Waals surface area contributed by atoms with Crippen LogP contribution in [0.1, 0.15) is 316 Å². The summed E-state index contributed by atoms with van der Waals surface area (Å²) >= 11 is 0. The van der Waals surface area contributed by atoms with Crippen molar-refractivity contribution in [3.05, 3.63) is 72.9 Å². The summed E-state index contributed by atoms with van der Waals surface area (Å²) in [6, 6.07) is 0. The lowest BCUT2D eigenvalue weighted by Crippen LogP contribution is -2.30. The number of allylic oxidation sites excluding steroid dienone is 12. The van der Waals surface area contributed by atoms with Crippen molar-refractivity contribution in [2.45, 2.75) is 322 Å². The van der Waals surface area contributed by atoms with Crippen molar-refractivity contribution < 1.29 is 28.6 Å². The number of unbranched alkanes of at least 4 members (excludes halogenated alkanes) is 34. The summed E-state index contributed by atoms with van der Waals surface area (Å²) in [7, 11) is 0. The second-order valence-corrected chi connectivity index (χ2v) is 21.0. The van der Waals surface area contributed by atoms with E-state index in [0.29, 0.717) is 19.3 Å². The Bertz CT molecular complexity index is 1360. The SMILES string of the molecule is CCCCC/C=C/C/C=C/C/C=C/C/C=C/CCCCCC(=O)OC[C@@H](COC(=O)CCCCCCCCC/C=C/C/C=C/CCCCC)OC(=O)CCCCCCCCCCCCCCCCCCCCC. The Balaban J connectivity index is 4.43. The zero-order valence-electron chi connectivity index (χ0n) is 48.4. The lowest BCUT2D eigenvalue weighted by atomic mass is 10.0. The van der Waals surface area contributed by atoms with Crippen LogP contribution in [0, 0.1) is 0 Å². The van der Waals surface area contributed by atoms with E-state index < -0.39 is 6.10 Å². The molecule has 6 heteroatoms. The molecule has 0 N–H and O–H groups in total. The maximum absolute atomic E-state index is 12.9. The Morgan fingerprint density at radius 3 is 0.808 bits per heavy atom. The molecule has 0 amide bonds. The van der Waals surface area contributed by atoms with Gasteiger partial charge in [0.1, 0.15) is 13.2 Å².